The molecule has 70 valence electrons. The molecule has 2 N–H and O–H groups in total. The van der Waals surface area contributed by atoms with Crippen molar-refractivity contribution in [3.8, 4) is 0 Å². The van der Waals surface area contributed by atoms with Crippen LogP contribution in [0.25, 0.3) is 0 Å². The molecule has 0 amide bonds. The van der Waals surface area contributed by atoms with Crippen LogP contribution >= 0.6 is 0 Å². The van der Waals surface area contributed by atoms with Gasteiger partial charge in [0.25, 0.3) is 0 Å². The van der Waals surface area contributed by atoms with Crippen molar-refractivity contribution < 1.29 is 27.3 Å². The molecular weight excluding hydrogens is 165 g/mol. The van der Waals surface area contributed by atoms with Gasteiger partial charge >= 0.3 is 7.25 Å². The monoisotopic (exact) mass is 177 g/mol. The molecule has 0 rings (SSSR count). The van der Waals surface area contributed by atoms with Crippen molar-refractivity contribution in [2.24, 2.45) is 0 Å². The number of hydrogen-bond acceptors (Lipinski definition) is 1. The van der Waals surface area contributed by atoms with Crippen LogP contribution in [0.15, 0.2) is 0 Å². The third kappa shape index (κ3) is 42.0. The van der Waals surface area contributed by atoms with E-state index in [0.29, 0.717) is 6.23 Å². The second kappa shape index (κ2) is 6.42. The Balaban J connectivity index is 0. The Kier molecular flexibility index (Phi) is 7.76. The lowest BCUT2D eigenvalue weighted by Crippen LogP contribution is -2.85. The lowest BCUT2D eigenvalue weighted by Gasteiger charge is -2.00. The molecule has 0 bridgehead atoms. The summed E-state index contributed by atoms with van der Waals surface area (Å²) in [6.07, 6.45) is 0.310. The molecule has 2 nitrogen and oxygen atoms in total. The number of halogens is 4. The molecule has 0 saturated heterocycles. The van der Waals surface area contributed by atoms with E-state index in [1.165, 1.54) is 0 Å². The molecule has 0 fully saturated rings. The summed E-state index contributed by atoms with van der Waals surface area (Å²) < 4.78 is 43.8. The van der Waals surface area contributed by atoms with Crippen LogP contribution in [0.3, 0.4) is 0 Å². The van der Waals surface area contributed by atoms with Crippen molar-refractivity contribution in [1.29, 1.82) is 0 Å². The second-order valence-electron chi connectivity index (χ2n) is 1.77. The van der Waals surface area contributed by atoms with Crippen molar-refractivity contribution in [3.63, 3.8) is 0 Å². The molecular formula is C4H12BF4NO. The standard InChI is InChI=1S/C4H11NO.BF4/c1-4(5-2)6-3;2-1(3,4)5/h4-5H,1-3H3;/q;-1/p+1. The van der Waals surface area contributed by atoms with Gasteiger partial charge in [-0.25, -0.2) is 0 Å². The SMILES string of the molecule is C[NH2+]C(C)OC.F[B-](F)(F)F. The molecule has 0 aliphatic carbocycles. The third-order valence-corrected chi connectivity index (χ3v) is 0.841. The highest BCUT2D eigenvalue weighted by atomic mass is 19.5. The van der Waals surface area contributed by atoms with Gasteiger partial charge in [-0.3, -0.25) is 0 Å². The number of nitrogens with two attached hydrogens (primary N) is 1. The summed E-state index contributed by atoms with van der Waals surface area (Å²) in [5.41, 5.74) is 0. The normalized spacial score (nSPS) is 13.4. The van der Waals surface area contributed by atoms with Gasteiger partial charge in [-0.1, -0.05) is 0 Å². The fraction of sp³-hybridized carbons (Fsp3) is 1.00. The van der Waals surface area contributed by atoms with Crippen LogP contribution in [-0.4, -0.2) is 27.6 Å². The largest absolute Gasteiger partial charge is 0.673 e. The van der Waals surface area contributed by atoms with Crippen LogP contribution in [0.4, 0.5) is 17.3 Å². The summed E-state index contributed by atoms with van der Waals surface area (Å²) in [5.74, 6) is 0. The van der Waals surface area contributed by atoms with Crippen molar-refractivity contribution in [3.05, 3.63) is 0 Å². The molecule has 0 radical (unpaired) electrons. The molecule has 0 spiro atoms. The van der Waals surface area contributed by atoms with E-state index in [0.717, 1.165) is 0 Å². The summed E-state index contributed by atoms with van der Waals surface area (Å²) in [6, 6.07) is 0. The second-order valence-corrected chi connectivity index (χ2v) is 1.77. The lowest BCUT2D eigenvalue weighted by molar-refractivity contribution is -0.698. The van der Waals surface area contributed by atoms with Crippen LogP contribution < -0.4 is 5.32 Å². The molecule has 7 heteroatoms. The van der Waals surface area contributed by atoms with Crippen LogP contribution in [0.2, 0.25) is 0 Å². The Labute approximate surface area is 63.0 Å². The molecule has 1 unspecified atom stereocenters. The highest BCUT2D eigenvalue weighted by molar-refractivity contribution is 6.50. The van der Waals surface area contributed by atoms with E-state index in [1.807, 2.05) is 19.3 Å². The number of ether oxygens (including phenoxy) is 1. The highest BCUT2D eigenvalue weighted by Crippen LogP contribution is 2.06. The van der Waals surface area contributed by atoms with Crippen molar-refractivity contribution in [2.75, 3.05) is 14.2 Å². The minimum absolute atomic E-state index is 0.310. The van der Waals surface area contributed by atoms with Crippen LogP contribution in [0.1, 0.15) is 6.92 Å². The minimum atomic E-state index is -6.00. The molecule has 0 saturated carbocycles. The van der Waals surface area contributed by atoms with Crippen LogP contribution in [0.5, 0.6) is 0 Å². The first-order valence-electron chi connectivity index (χ1n) is 3.00. The molecule has 0 aromatic heterocycles. The van der Waals surface area contributed by atoms with Crippen molar-refractivity contribution in [2.45, 2.75) is 13.2 Å². The molecule has 11 heavy (non-hydrogen) atoms. The number of rotatable bonds is 2. The first-order chi connectivity index (χ1) is 4.81. The Morgan fingerprint density at radius 3 is 1.55 bits per heavy atom. The molecule has 1 atom stereocenters. The van der Waals surface area contributed by atoms with E-state index in [9.17, 15) is 17.3 Å². The van der Waals surface area contributed by atoms with E-state index < -0.39 is 7.25 Å². The van der Waals surface area contributed by atoms with Gasteiger partial charge < -0.3 is 27.3 Å². The summed E-state index contributed by atoms with van der Waals surface area (Å²) >= 11 is 0. The Morgan fingerprint density at radius 2 is 1.55 bits per heavy atom. The van der Waals surface area contributed by atoms with E-state index in [2.05, 4.69) is 0 Å². The maximum Gasteiger partial charge on any atom is 0.673 e. The van der Waals surface area contributed by atoms with E-state index in [4.69, 9.17) is 4.74 Å². The number of quaternary nitrogens is 1. The van der Waals surface area contributed by atoms with E-state index >= 15 is 0 Å². The van der Waals surface area contributed by atoms with Gasteiger partial charge in [-0.15, -0.1) is 0 Å². The van der Waals surface area contributed by atoms with Gasteiger partial charge in [-0.05, 0) is 0 Å². The summed E-state index contributed by atoms with van der Waals surface area (Å²) in [5, 5.41) is 2.00. The first kappa shape index (κ1) is 13.3. The fourth-order valence-corrected chi connectivity index (χ4v) is 0.136. The predicted octanol–water partition coefficient (Wildman–Crippen LogP) is 0.472. The number of methoxy groups -OCH3 is 1. The maximum atomic E-state index is 9.75. The van der Waals surface area contributed by atoms with Gasteiger partial charge in [0.2, 0.25) is 0 Å². The molecule has 0 aliphatic rings. The van der Waals surface area contributed by atoms with Gasteiger partial charge in [0.15, 0.2) is 6.23 Å². The molecule has 0 aromatic carbocycles. The van der Waals surface area contributed by atoms with Gasteiger partial charge in [0.1, 0.15) is 0 Å². The fourth-order valence-electron chi connectivity index (χ4n) is 0.136. The van der Waals surface area contributed by atoms with Gasteiger partial charge in [-0.2, -0.15) is 0 Å². The van der Waals surface area contributed by atoms with Crippen LogP contribution in [0, 0.1) is 0 Å². The summed E-state index contributed by atoms with van der Waals surface area (Å²) in [6.45, 7) is 2.00. The third-order valence-electron chi connectivity index (χ3n) is 0.841. The Morgan fingerprint density at radius 1 is 1.27 bits per heavy atom. The predicted molar refractivity (Wildman–Crippen MR) is 34.5 cm³/mol. The molecule has 0 aliphatic heterocycles. The average molecular weight is 177 g/mol. The van der Waals surface area contributed by atoms with Gasteiger partial charge in [0, 0.05) is 14.0 Å². The Hall–Kier alpha value is -0.295. The van der Waals surface area contributed by atoms with Crippen LogP contribution in [-0.2, 0) is 4.74 Å². The van der Waals surface area contributed by atoms with E-state index in [1.54, 1.807) is 7.11 Å². The van der Waals surface area contributed by atoms with Crippen molar-refractivity contribution in [1.82, 2.24) is 0 Å². The average Bonchev–Trinajstić information content (AvgIpc) is 1.83. The van der Waals surface area contributed by atoms with Gasteiger partial charge in [0.05, 0.1) is 7.05 Å². The number of hydrogen-bond donors (Lipinski definition) is 1. The molecule has 0 heterocycles. The zero-order chi connectivity index (χ0) is 9.49. The summed E-state index contributed by atoms with van der Waals surface area (Å²) in [4.78, 5) is 0. The first-order valence-corrected chi connectivity index (χ1v) is 3.00. The summed E-state index contributed by atoms with van der Waals surface area (Å²) in [7, 11) is -2.32. The topological polar surface area (TPSA) is 25.8 Å². The quantitative estimate of drug-likeness (QED) is 0.370. The zero-order valence-corrected chi connectivity index (χ0v) is 6.65. The highest BCUT2D eigenvalue weighted by Gasteiger charge is 2.20. The maximum absolute atomic E-state index is 9.75. The van der Waals surface area contributed by atoms with E-state index in [-0.39, 0.29) is 0 Å². The Bertz CT molecular complexity index is 78.7. The smallest absolute Gasteiger partial charge is 0.418 e. The minimum Gasteiger partial charge on any atom is -0.418 e. The van der Waals surface area contributed by atoms with Crippen molar-refractivity contribution >= 4 is 7.25 Å². The zero-order valence-electron chi connectivity index (χ0n) is 6.65. The molecule has 0 aromatic rings. The lowest BCUT2D eigenvalue weighted by atomic mass is 10.3.